The monoisotopic (exact) mass is 350 g/mol. The number of urea groups is 1. The van der Waals surface area contributed by atoms with Gasteiger partial charge in [-0.05, 0) is 37.3 Å². The van der Waals surface area contributed by atoms with E-state index in [1.165, 1.54) is 6.20 Å². The molecule has 26 heavy (non-hydrogen) atoms. The number of carbonyl (C=O) groups excluding carboxylic acids is 1. The van der Waals surface area contributed by atoms with Crippen LogP contribution >= 0.6 is 0 Å². The third kappa shape index (κ3) is 4.28. The Morgan fingerprint density at radius 1 is 1.27 bits per heavy atom. The van der Waals surface area contributed by atoms with Crippen molar-refractivity contribution in [1.82, 2.24) is 15.3 Å². The molecule has 1 fully saturated rings. The van der Waals surface area contributed by atoms with Gasteiger partial charge in [0.25, 0.3) is 0 Å². The molecule has 7 heteroatoms. The largest absolute Gasteiger partial charge is 0.354 e. The second-order valence-electron chi connectivity index (χ2n) is 6.42. The van der Waals surface area contributed by atoms with Crippen molar-refractivity contribution in [3.63, 3.8) is 0 Å². The Morgan fingerprint density at radius 2 is 2.00 bits per heavy atom. The Bertz CT molecular complexity index is 808. The summed E-state index contributed by atoms with van der Waals surface area (Å²) in [6.07, 6.45) is 5.02. The van der Waals surface area contributed by atoms with Crippen molar-refractivity contribution in [1.29, 1.82) is 5.26 Å². The van der Waals surface area contributed by atoms with Crippen molar-refractivity contribution >= 4 is 17.5 Å². The molecule has 0 unspecified atom stereocenters. The molecule has 1 aromatic carbocycles. The van der Waals surface area contributed by atoms with E-state index >= 15 is 0 Å². The highest BCUT2D eigenvalue weighted by Crippen LogP contribution is 2.23. The molecule has 7 nitrogen and oxygen atoms in total. The fourth-order valence-corrected chi connectivity index (χ4v) is 3.11. The van der Waals surface area contributed by atoms with Crippen molar-refractivity contribution in [2.24, 2.45) is 5.92 Å². The second-order valence-corrected chi connectivity index (χ2v) is 6.42. The molecule has 1 aromatic heterocycles. The normalized spacial score (nSPS) is 14.5. The first-order valence-electron chi connectivity index (χ1n) is 8.74. The highest BCUT2D eigenvalue weighted by Gasteiger charge is 2.22. The molecule has 2 heterocycles. The van der Waals surface area contributed by atoms with Crippen molar-refractivity contribution in [2.45, 2.75) is 19.8 Å². The van der Waals surface area contributed by atoms with Crippen LogP contribution in [0.3, 0.4) is 0 Å². The van der Waals surface area contributed by atoms with Gasteiger partial charge in [-0.2, -0.15) is 5.26 Å². The highest BCUT2D eigenvalue weighted by molar-refractivity contribution is 5.89. The summed E-state index contributed by atoms with van der Waals surface area (Å²) in [5.41, 5.74) is 2.22. The molecular weight excluding hydrogens is 328 g/mol. The summed E-state index contributed by atoms with van der Waals surface area (Å²) in [4.78, 5) is 22.5. The Hall–Kier alpha value is -3.14. The molecular formula is C19H22N6O. The van der Waals surface area contributed by atoms with Crippen molar-refractivity contribution < 1.29 is 4.79 Å². The molecule has 0 aliphatic carbocycles. The molecule has 134 valence electrons. The zero-order chi connectivity index (χ0) is 18.4. The smallest absolute Gasteiger partial charge is 0.319 e. The van der Waals surface area contributed by atoms with Crippen LogP contribution in [-0.4, -0.2) is 35.6 Å². The average Bonchev–Trinajstić information content (AvgIpc) is 2.68. The standard InChI is InChI=1S/C19H22N6O/c1-14-4-2-3-5-16(14)24-19(26)23-13-15-6-10-25(11-7-15)18-17(12-20)21-8-9-22-18/h2-5,8-9,15H,6-7,10-11,13H2,1H3,(H2,23,24,26). The Morgan fingerprint density at radius 3 is 2.73 bits per heavy atom. The molecule has 1 aliphatic heterocycles. The van der Waals surface area contributed by atoms with Gasteiger partial charge >= 0.3 is 6.03 Å². The first kappa shape index (κ1) is 17.7. The molecule has 2 aromatic rings. The lowest BCUT2D eigenvalue weighted by Crippen LogP contribution is -2.40. The fraction of sp³-hybridized carbons (Fsp3) is 0.368. The number of rotatable bonds is 4. The van der Waals surface area contributed by atoms with Gasteiger partial charge in [-0.3, -0.25) is 0 Å². The third-order valence-electron chi connectivity index (χ3n) is 4.64. The molecule has 0 spiro atoms. The summed E-state index contributed by atoms with van der Waals surface area (Å²) in [6, 6.07) is 9.62. The number of hydrogen-bond acceptors (Lipinski definition) is 5. The van der Waals surface area contributed by atoms with Crippen LogP contribution in [0.25, 0.3) is 0 Å². The second kappa shape index (κ2) is 8.30. The molecule has 1 saturated heterocycles. The molecule has 2 N–H and O–H groups in total. The lowest BCUT2D eigenvalue weighted by Gasteiger charge is -2.32. The van der Waals surface area contributed by atoms with Crippen LogP contribution in [0.2, 0.25) is 0 Å². The first-order chi connectivity index (χ1) is 12.7. The summed E-state index contributed by atoms with van der Waals surface area (Å²) in [5.74, 6) is 1.06. The van der Waals surface area contributed by atoms with E-state index in [1.807, 2.05) is 31.2 Å². The summed E-state index contributed by atoms with van der Waals surface area (Å²) in [7, 11) is 0. The zero-order valence-electron chi connectivity index (χ0n) is 14.8. The van der Waals surface area contributed by atoms with Crippen molar-refractivity contribution in [2.75, 3.05) is 29.9 Å². The minimum absolute atomic E-state index is 0.178. The Labute approximate surface area is 153 Å². The molecule has 0 saturated carbocycles. The number of nitrogens with one attached hydrogen (secondary N) is 2. The molecule has 3 rings (SSSR count). The van der Waals surface area contributed by atoms with Crippen molar-refractivity contribution in [3.8, 4) is 6.07 Å². The maximum absolute atomic E-state index is 12.1. The van der Waals surface area contributed by atoms with Gasteiger partial charge in [-0.15, -0.1) is 0 Å². The number of aryl methyl sites for hydroxylation is 1. The van der Waals surface area contributed by atoms with Gasteiger partial charge in [0.1, 0.15) is 6.07 Å². The maximum Gasteiger partial charge on any atom is 0.319 e. The van der Waals surface area contributed by atoms with E-state index in [-0.39, 0.29) is 6.03 Å². The van der Waals surface area contributed by atoms with E-state index in [4.69, 9.17) is 5.26 Å². The van der Waals surface area contributed by atoms with E-state index in [9.17, 15) is 4.79 Å². The van der Waals surface area contributed by atoms with E-state index < -0.39 is 0 Å². The summed E-state index contributed by atoms with van der Waals surface area (Å²) >= 11 is 0. The van der Waals surface area contributed by atoms with Crippen molar-refractivity contribution in [3.05, 3.63) is 47.9 Å². The predicted molar refractivity (Wildman–Crippen MR) is 99.9 cm³/mol. The van der Waals surface area contributed by atoms with Gasteiger partial charge in [-0.25, -0.2) is 14.8 Å². The molecule has 0 atom stereocenters. The van der Waals surface area contributed by atoms with Crippen LogP contribution in [0, 0.1) is 24.2 Å². The van der Waals surface area contributed by atoms with Gasteiger partial charge in [0, 0.05) is 37.7 Å². The van der Waals surface area contributed by atoms with E-state index in [1.54, 1.807) is 6.20 Å². The van der Waals surface area contributed by atoms with E-state index in [2.05, 4.69) is 31.6 Å². The number of piperidine rings is 1. The molecule has 0 radical (unpaired) electrons. The van der Waals surface area contributed by atoms with Gasteiger partial charge in [-0.1, -0.05) is 18.2 Å². The van der Waals surface area contributed by atoms with Crippen LogP contribution in [0.1, 0.15) is 24.1 Å². The topological polar surface area (TPSA) is 93.9 Å². The lowest BCUT2D eigenvalue weighted by molar-refractivity contribution is 0.248. The number of aromatic nitrogens is 2. The number of amides is 2. The van der Waals surface area contributed by atoms with Crippen LogP contribution < -0.4 is 15.5 Å². The zero-order valence-corrected chi connectivity index (χ0v) is 14.8. The van der Waals surface area contributed by atoms with Gasteiger partial charge < -0.3 is 15.5 Å². The van der Waals surface area contributed by atoms with E-state index in [0.29, 0.717) is 24.0 Å². The summed E-state index contributed by atoms with van der Waals surface area (Å²) in [6.45, 7) is 4.21. The number of carbonyl (C=O) groups is 1. The van der Waals surface area contributed by atoms with Crippen LogP contribution in [0.15, 0.2) is 36.7 Å². The van der Waals surface area contributed by atoms with Crippen LogP contribution in [0.5, 0.6) is 0 Å². The van der Waals surface area contributed by atoms with Gasteiger partial charge in [0.15, 0.2) is 11.5 Å². The van der Waals surface area contributed by atoms with E-state index in [0.717, 1.165) is 37.2 Å². The van der Waals surface area contributed by atoms with Crippen LogP contribution in [-0.2, 0) is 0 Å². The summed E-state index contributed by atoms with van der Waals surface area (Å²) < 4.78 is 0. The SMILES string of the molecule is Cc1ccccc1NC(=O)NCC1CCN(c2nccnc2C#N)CC1. The molecule has 0 bridgehead atoms. The fourth-order valence-electron chi connectivity index (χ4n) is 3.11. The quantitative estimate of drug-likeness (QED) is 0.884. The Balaban J connectivity index is 1.46. The lowest BCUT2D eigenvalue weighted by atomic mass is 9.97. The van der Waals surface area contributed by atoms with Gasteiger partial charge in [0.05, 0.1) is 0 Å². The minimum atomic E-state index is -0.178. The number of nitriles is 1. The molecule has 1 aliphatic rings. The average molecular weight is 350 g/mol. The highest BCUT2D eigenvalue weighted by atomic mass is 16.2. The molecule has 2 amide bonds. The number of para-hydroxylation sites is 1. The minimum Gasteiger partial charge on any atom is -0.354 e. The number of anilines is 2. The number of hydrogen-bond donors (Lipinski definition) is 2. The predicted octanol–water partition coefficient (Wildman–Crippen LogP) is 2.69. The maximum atomic E-state index is 12.1. The third-order valence-corrected chi connectivity index (χ3v) is 4.64. The Kier molecular flexibility index (Phi) is 5.64. The number of benzene rings is 1. The summed E-state index contributed by atoms with van der Waals surface area (Å²) in [5, 5.41) is 15.0. The van der Waals surface area contributed by atoms with Gasteiger partial charge in [0.2, 0.25) is 0 Å². The first-order valence-corrected chi connectivity index (χ1v) is 8.74. The number of nitrogens with zero attached hydrogens (tertiary/aromatic N) is 4. The van der Waals surface area contributed by atoms with Crippen LogP contribution in [0.4, 0.5) is 16.3 Å².